The molecule has 0 bridgehead atoms. The van der Waals surface area contributed by atoms with Gasteiger partial charge in [0.15, 0.2) is 0 Å². The number of nitrogens with one attached hydrogen (secondary N) is 1. The molecule has 2 aromatic rings. The van der Waals surface area contributed by atoms with Gasteiger partial charge >= 0.3 is 11.9 Å². The Bertz CT molecular complexity index is 670. The molecule has 0 aliphatic rings. The van der Waals surface area contributed by atoms with Crippen LogP contribution in [-0.4, -0.2) is 28.6 Å². The Morgan fingerprint density at radius 1 is 1.35 bits per heavy atom. The minimum absolute atomic E-state index is 0.160. The van der Waals surface area contributed by atoms with Gasteiger partial charge in [-0.25, -0.2) is 4.79 Å². The minimum Gasteiger partial charge on any atom is -0.477 e. The molecule has 0 aliphatic heterocycles. The zero-order chi connectivity index (χ0) is 14.5. The average Bonchev–Trinajstić information content (AvgIpc) is 2.82. The van der Waals surface area contributed by atoms with E-state index < -0.39 is 5.97 Å². The normalized spacial score (nSPS) is 11.1. The Morgan fingerprint density at radius 2 is 2.15 bits per heavy atom. The van der Waals surface area contributed by atoms with Crippen molar-refractivity contribution in [3.05, 3.63) is 41.6 Å². The average molecular weight is 273 g/mol. The summed E-state index contributed by atoms with van der Waals surface area (Å²) in [5, 5.41) is 9.75. The number of esters is 1. The first-order valence-corrected chi connectivity index (χ1v) is 6.28. The number of carbonyl (C=O) groups is 2. The lowest BCUT2D eigenvalue weighted by atomic mass is 10.1. The Labute approximate surface area is 115 Å². The molecule has 0 fully saturated rings. The molecule has 0 aliphatic carbocycles. The fourth-order valence-electron chi connectivity index (χ4n) is 1.87. The Kier molecular flexibility index (Phi) is 4.20. The van der Waals surface area contributed by atoms with Crippen molar-refractivity contribution in [2.24, 2.45) is 0 Å². The van der Waals surface area contributed by atoms with E-state index in [2.05, 4.69) is 4.98 Å². The molecule has 2 rings (SSSR count). The van der Waals surface area contributed by atoms with E-state index in [0.29, 0.717) is 6.61 Å². The standard InChI is InChI=1S/C15H15NO4/c1-2-20-14(17)5-3-4-10-6-7-11-9-13(15(18)19)16-12(11)8-10/h3-4,6-9,16H,2,5H2,1H3,(H,18,19). The molecule has 1 heterocycles. The molecule has 0 atom stereocenters. The lowest BCUT2D eigenvalue weighted by molar-refractivity contribution is -0.142. The zero-order valence-corrected chi connectivity index (χ0v) is 11.1. The molecule has 0 amide bonds. The van der Waals surface area contributed by atoms with E-state index in [1.807, 2.05) is 18.2 Å². The third kappa shape index (κ3) is 3.26. The molecule has 0 spiro atoms. The lowest BCUT2D eigenvalue weighted by Crippen LogP contribution is -2.01. The van der Waals surface area contributed by atoms with Crippen molar-refractivity contribution in [2.75, 3.05) is 6.61 Å². The summed E-state index contributed by atoms with van der Waals surface area (Å²) >= 11 is 0. The molecule has 5 heteroatoms. The summed E-state index contributed by atoms with van der Waals surface area (Å²) in [6.45, 7) is 2.14. The van der Waals surface area contributed by atoms with Crippen LogP contribution in [0.15, 0.2) is 30.3 Å². The number of H-pyrrole nitrogens is 1. The highest BCUT2D eigenvalue weighted by molar-refractivity contribution is 5.94. The number of carboxylic acids is 1. The molecule has 0 unspecified atom stereocenters. The van der Waals surface area contributed by atoms with Crippen LogP contribution in [0.1, 0.15) is 29.4 Å². The molecule has 0 saturated heterocycles. The number of ether oxygens (including phenoxy) is 1. The van der Waals surface area contributed by atoms with Gasteiger partial charge in [-0.3, -0.25) is 4.79 Å². The van der Waals surface area contributed by atoms with Crippen LogP contribution in [0.2, 0.25) is 0 Å². The van der Waals surface area contributed by atoms with E-state index in [1.165, 1.54) is 0 Å². The van der Waals surface area contributed by atoms with Gasteiger partial charge in [0.05, 0.1) is 13.0 Å². The van der Waals surface area contributed by atoms with Crippen LogP contribution in [0.4, 0.5) is 0 Å². The SMILES string of the molecule is CCOC(=O)CC=Cc1ccc2cc(C(=O)O)[nH]c2c1. The van der Waals surface area contributed by atoms with Gasteiger partial charge in [-0.1, -0.05) is 24.3 Å². The predicted octanol–water partition coefficient (Wildman–Crippen LogP) is 2.83. The molecular formula is C15H15NO4. The highest BCUT2D eigenvalue weighted by Crippen LogP contribution is 2.18. The lowest BCUT2D eigenvalue weighted by Gasteiger charge is -1.97. The van der Waals surface area contributed by atoms with Crippen molar-refractivity contribution in [1.82, 2.24) is 4.98 Å². The predicted molar refractivity (Wildman–Crippen MR) is 75.5 cm³/mol. The number of rotatable bonds is 5. The maximum absolute atomic E-state index is 11.2. The first kappa shape index (κ1) is 13.9. The number of carbonyl (C=O) groups excluding carboxylic acids is 1. The monoisotopic (exact) mass is 273 g/mol. The van der Waals surface area contributed by atoms with Crippen LogP contribution >= 0.6 is 0 Å². The van der Waals surface area contributed by atoms with E-state index in [0.717, 1.165) is 16.5 Å². The minimum atomic E-state index is -0.986. The highest BCUT2D eigenvalue weighted by atomic mass is 16.5. The van der Waals surface area contributed by atoms with Gasteiger partial charge in [0.25, 0.3) is 0 Å². The van der Waals surface area contributed by atoms with E-state index in [1.54, 1.807) is 25.1 Å². The summed E-state index contributed by atoms with van der Waals surface area (Å²) in [7, 11) is 0. The van der Waals surface area contributed by atoms with Crippen molar-refractivity contribution in [3.63, 3.8) is 0 Å². The third-order valence-corrected chi connectivity index (χ3v) is 2.78. The van der Waals surface area contributed by atoms with E-state index in [9.17, 15) is 9.59 Å². The van der Waals surface area contributed by atoms with Crippen LogP contribution in [0.3, 0.4) is 0 Å². The number of fused-ring (bicyclic) bond motifs is 1. The maximum atomic E-state index is 11.2. The molecule has 0 saturated carbocycles. The van der Waals surface area contributed by atoms with Crippen LogP contribution < -0.4 is 0 Å². The number of carboxylic acid groups (broad SMARTS) is 1. The highest BCUT2D eigenvalue weighted by Gasteiger charge is 2.06. The quantitative estimate of drug-likeness (QED) is 0.821. The summed E-state index contributed by atoms with van der Waals surface area (Å²) in [6.07, 6.45) is 3.74. The van der Waals surface area contributed by atoms with Gasteiger partial charge in [-0.2, -0.15) is 0 Å². The smallest absolute Gasteiger partial charge is 0.352 e. The number of hydrogen-bond acceptors (Lipinski definition) is 3. The molecule has 1 aromatic carbocycles. The molecular weight excluding hydrogens is 258 g/mol. The topological polar surface area (TPSA) is 79.4 Å². The Balaban J connectivity index is 2.13. The number of aromatic amines is 1. The van der Waals surface area contributed by atoms with Crippen molar-refractivity contribution in [2.45, 2.75) is 13.3 Å². The number of hydrogen-bond donors (Lipinski definition) is 2. The summed E-state index contributed by atoms with van der Waals surface area (Å²) in [5.41, 5.74) is 1.80. The number of aromatic nitrogens is 1. The first-order chi connectivity index (χ1) is 9.60. The fraction of sp³-hybridized carbons (Fsp3) is 0.200. The molecule has 20 heavy (non-hydrogen) atoms. The second-order valence-electron chi connectivity index (χ2n) is 4.25. The first-order valence-electron chi connectivity index (χ1n) is 6.28. The van der Waals surface area contributed by atoms with E-state index in [-0.39, 0.29) is 18.1 Å². The second kappa shape index (κ2) is 6.06. The van der Waals surface area contributed by atoms with Crippen molar-refractivity contribution in [1.29, 1.82) is 0 Å². The molecule has 104 valence electrons. The van der Waals surface area contributed by atoms with Crippen LogP contribution in [0, 0.1) is 0 Å². The van der Waals surface area contributed by atoms with Crippen molar-refractivity contribution < 1.29 is 19.4 Å². The van der Waals surface area contributed by atoms with Crippen LogP contribution in [0.5, 0.6) is 0 Å². The molecule has 2 N–H and O–H groups in total. The van der Waals surface area contributed by atoms with Gasteiger partial charge in [-0.15, -0.1) is 0 Å². The number of aromatic carboxylic acids is 1. The van der Waals surface area contributed by atoms with Gasteiger partial charge < -0.3 is 14.8 Å². The van der Waals surface area contributed by atoms with Crippen molar-refractivity contribution in [3.8, 4) is 0 Å². The Morgan fingerprint density at radius 3 is 2.85 bits per heavy atom. The van der Waals surface area contributed by atoms with Gasteiger partial charge in [0, 0.05) is 10.9 Å². The third-order valence-electron chi connectivity index (χ3n) is 2.78. The molecule has 0 radical (unpaired) electrons. The summed E-state index contributed by atoms with van der Waals surface area (Å²) in [6, 6.07) is 7.12. The zero-order valence-electron chi connectivity index (χ0n) is 11.1. The van der Waals surface area contributed by atoms with E-state index in [4.69, 9.17) is 9.84 Å². The van der Waals surface area contributed by atoms with Crippen molar-refractivity contribution >= 4 is 28.9 Å². The van der Waals surface area contributed by atoms with Gasteiger partial charge in [-0.05, 0) is 24.6 Å². The molecule has 1 aromatic heterocycles. The van der Waals surface area contributed by atoms with Crippen LogP contribution in [-0.2, 0) is 9.53 Å². The largest absolute Gasteiger partial charge is 0.477 e. The second-order valence-corrected chi connectivity index (χ2v) is 4.25. The maximum Gasteiger partial charge on any atom is 0.352 e. The van der Waals surface area contributed by atoms with Crippen LogP contribution in [0.25, 0.3) is 17.0 Å². The summed E-state index contributed by atoms with van der Waals surface area (Å²) in [4.78, 5) is 24.9. The van der Waals surface area contributed by atoms with E-state index >= 15 is 0 Å². The fourth-order valence-corrected chi connectivity index (χ4v) is 1.87. The molecule has 5 nitrogen and oxygen atoms in total. The Hall–Kier alpha value is -2.56. The van der Waals surface area contributed by atoms with Gasteiger partial charge in [0.1, 0.15) is 5.69 Å². The number of benzene rings is 1. The van der Waals surface area contributed by atoms with Gasteiger partial charge in [0.2, 0.25) is 0 Å². The summed E-state index contributed by atoms with van der Waals surface area (Å²) in [5.74, 6) is -1.25. The summed E-state index contributed by atoms with van der Waals surface area (Å²) < 4.78 is 4.82.